The topological polar surface area (TPSA) is 68.0 Å². The summed E-state index contributed by atoms with van der Waals surface area (Å²) in [5.74, 6) is 0.804. The van der Waals surface area contributed by atoms with E-state index in [-0.39, 0.29) is 18.3 Å². The molecule has 3 N–H and O–H groups in total. The molecule has 0 saturated heterocycles. The van der Waals surface area contributed by atoms with Crippen molar-refractivity contribution in [3.8, 4) is 0 Å². The van der Waals surface area contributed by atoms with Gasteiger partial charge in [-0.15, -0.1) is 24.2 Å². The summed E-state index contributed by atoms with van der Waals surface area (Å²) in [7, 11) is 0. The van der Waals surface area contributed by atoms with Crippen molar-refractivity contribution in [2.24, 2.45) is 11.7 Å². The Morgan fingerprint density at radius 1 is 1.53 bits per heavy atom. The summed E-state index contributed by atoms with van der Waals surface area (Å²) in [4.78, 5) is 16.4. The molecule has 1 aromatic heterocycles. The van der Waals surface area contributed by atoms with Crippen molar-refractivity contribution in [2.75, 3.05) is 18.8 Å². The minimum Gasteiger partial charge on any atom is -0.355 e. The Hall–Kier alpha value is -0.780. The molecule has 0 spiro atoms. The number of thioether (sulfide) groups is 1. The lowest BCUT2D eigenvalue weighted by molar-refractivity contribution is -0.118. The largest absolute Gasteiger partial charge is 0.355 e. The van der Waals surface area contributed by atoms with Gasteiger partial charge in [-0.3, -0.25) is 9.78 Å². The Morgan fingerprint density at radius 2 is 2.18 bits per heavy atom. The number of carbonyl (C=O) groups excluding carboxylic acids is 1. The highest BCUT2D eigenvalue weighted by atomic mass is 35.5. The number of nitrogens with one attached hydrogen (secondary N) is 1. The van der Waals surface area contributed by atoms with Crippen molar-refractivity contribution in [3.05, 3.63) is 24.5 Å². The zero-order chi connectivity index (χ0) is 11.8. The zero-order valence-corrected chi connectivity index (χ0v) is 11.4. The van der Waals surface area contributed by atoms with E-state index >= 15 is 0 Å². The third kappa shape index (κ3) is 7.20. The van der Waals surface area contributed by atoms with E-state index in [1.165, 1.54) is 11.8 Å². The first-order valence-corrected chi connectivity index (χ1v) is 6.20. The highest BCUT2D eigenvalue weighted by Crippen LogP contribution is 2.15. The monoisotopic (exact) mass is 275 g/mol. The Morgan fingerprint density at radius 3 is 2.76 bits per heavy atom. The van der Waals surface area contributed by atoms with Crippen LogP contribution in [0.5, 0.6) is 0 Å². The lowest BCUT2D eigenvalue weighted by Crippen LogP contribution is -2.32. The number of carbonyl (C=O) groups is 1. The van der Waals surface area contributed by atoms with Crippen LogP contribution in [-0.2, 0) is 4.79 Å². The van der Waals surface area contributed by atoms with E-state index < -0.39 is 0 Å². The number of hydrogen-bond acceptors (Lipinski definition) is 4. The fourth-order valence-corrected chi connectivity index (χ4v) is 1.72. The van der Waals surface area contributed by atoms with Crippen molar-refractivity contribution in [1.29, 1.82) is 0 Å². The summed E-state index contributed by atoms with van der Waals surface area (Å²) < 4.78 is 0. The van der Waals surface area contributed by atoms with Crippen LogP contribution in [0.4, 0.5) is 0 Å². The second kappa shape index (κ2) is 9.27. The summed E-state index contributed by atoms with van der Waals surface area (Å²) in [5.41, 5.74) is 5.46. The molecule has 1 amide bonds. The predicted molar refractivity (Wildman–Crippen MR) is 73.4 cm³/mol. The first-order valence-electron chi connectivity index (χ1n) is 5.22. The van der Waals surface area contributed by atoms with Gasteiger partial charge in [0.25, 0.3) is 0 Å². The van der Waals surface area contributed by atoms with Gasteiger partial charge in [0, 0.05) is 23.8 Å². The minimum absolute atomic E-state index is 0. The van der Waals surface area contributed by atoms with Crippen LogP contribution < -0.4 is 11.1 Å². The third-order valence-electron chi connectivity index (χ3n) is 2.07. The Bertz CT molecular complexity index is 324. The normalized spacial score (nSPS) is 11.4. The number of pyridine rings is 1. The fourth-order valence-electron chi connectivity index (χ4n) is 1.01. The molecule has 0 aliphatic heterocycles. The molecule has 0 fully saturated rings. The molecular weight excluding hydrogens is 258 g/mol. The zero-order valence-electron chi connectivity index (χ0n) is 9.76. The van der Waals surface area contributed by atoms with Crippen LogP contribution in [0.3, 0.4) is 0 Å². The maximum Gasteiger partial charge on any atom is 0.230 e. The first kappa shape index (κ1) is 16.2. The quantitative estimate of drug-likeness (QED) is 0.768. The average molecular weight is 276 g/mol. The predicted octanol–water partition coefficient (Wildman–Crippen LogP) is 1.31. The second-order valence-corrected chi connectivity index (χ2v) is 4.67. The molecule has 1 rings (SSSR count). The highest BCUT2D eigenvalue weighted by molar-refractivity contribution is 8.00. The molecule has 0 radical (unpaired) electrons. The maximum atomic E-state index is 11.4. The van der Waals surface area contributed by atoms with Gasteiger partial charge in [0.05, 0.1) is 5.75 Å². The van der Waals surface area contributed by atoms with E-state index in [0.29, 0.717) is 24.8 Å². The summed E-state index contributed by atoms with van der Waals surface area (Å²) in [6.07, 6.45) is 3.44. The molecule has 0 saturated carbocycles. The van der Waals surface area contributed by atoms with Crippen LogP contribution in [0, 0.1) is 5.92 Å². The summed E-state index contributed by atoms with van der Waals surface area (Å²) in [6.45, 7) is 3.25. The van der Waals surface area contributed by atoms with Crippen molar-refractivity contribution in [1.82, 2.24) is 10.3 Å². The third-order valence-corrected chi connectivity index (χ3v) is 3.08. The Balaban J connectivity index is 0.00000256. The van der Waals surface area contributed by atoms with Gasteiger partial charge in [-0.1, -0.05) is 6.92 Å². The second-order valence-electron chi connectivity index (χ2n) is 3.62. The number of halogens is 1. The molecule has 17 heavy (non-hydrogen) atoms. The van der Waals surface area contributed by atoms with Crippen LogP contribution in [0.15, 0.2) is 29.4 Å². The van der Waals surface area contributed by atoms with E-state index in [0.717, 1.165) is 4.90 Å². The molecule has 0 bridgehead atoms. The van der Waals surface area contributed by atoms with Crippen LogP contribution >= 0.6 is 24.2 Å². The number of hydrogen-bond donors (Lipinski definition) is 2. The van der Waals surface area contributed by atoms with E-state index in [4.69, 9.17) is 5.73 Å². The molecular formula is C11H18ClN3OS. The van der Waals surface area contributed by atoms with Gasteiger partial charge in [0.15, 0.2) is 0 Å². The van der Waals surface area contributed by atoms with Gasteiger partial charge in [0.2, 0.25) is 5.91 Å². The number of nitrogens with zero attached hydrogens (tertiary/aromatic N) is 1. The van der Waals surface area contributed by atoms with Gasteiger partial charge in [-0.2, -0.15) is 0 Å². The van der Waals surface area contributed by atoms with Gasteiger partial charge in [0.1, 0.15) is 0 Å². The van der Waals surface area contributed by atoms with E-state index in [1.807, 2.05) is 19.1 Å². The van der Waals surface area contributed by atoms with Gasteiger partial charge < -0.3 is 11.1 Å². The van der Waals surface area contributed by atoms with Crippen LogP contribution in [-0.4, -0.2) is 29.7 Å². The first-order chi connectivity index (χ1) is 7.72. The van der Waals surface area contributed by atoms with Crippen molar-refractivity contribution < 1.29 is 4.79 Å². The lowest BCUT2D eigenvalue weighted by atomic mass is 10.2. The minimum atomic E-state index is 0. The maximum absolute atomic E-state index is 11.4. The number of aromatic nitrogens is 1. The van der Waals surface area contributed by atoms with Crippen LogP contribution in [0.25, 0.3) is 0 Å². The van der Waals surface area contributed by atoms with Gasteiger partial charge >= 0.3 is 0 Å². The SMILES string of the molecule is CC(CN)CNC(=O)CSc1ccncc1.Cl. The number of rotatable bonds is 6. The van der Waals surface area contributed by atoms with Gasteiger partial charge in [-0.25, -0.2) is 0 Å². The lowest BCUT2D eigenvalue weighted by Gasteiger charge is -2.09. The molecule has 0 aliphatic carbocycles. The number of nitrogens with two attached hydrogens (primary N) is 1. The highest BCUT2D eigenvalue weighted by Gasteiger charge is 2.04. The molecule has 0 aliphatic rings. The Kier molecular flexibility index (Phi) is 8.85. The molecule has 4 nitrogen and oxygen atoms in total. The van der Waals surface area contributed by atoms with Crippen LogP contribution in [0.1, 0.15) is 6.92 Å². The molecule has 1 atom stereocenters. The molecule has 1 heterocycles. The van der Waals surface area contributed by atoms with Crippen molar-refractivity contribution >= 4 is 30.1 Å². The molecule has 96 valence electrons. The molecule has 0 aromatic carbocycles. The average Bonchev–Trinajstić information content (AvgIpc) is 2.34. The summed E-state index contributed by atoms with van der Waals surface area (Å²) in [5, 5.41) is 2.85. The number of amides is 1. The van der Waals surface area contributed by atoms with Crippen LogP contribution in [0.2, 0.25) is 0 Å². The smallest absolute Gasteiger partial charge is 0.230 e. The van der Waals surface area contributed by atoms with Crippen molar-refractivity contribution in [2.45, 2.75) is 11.8 Å². The Labute approximate surface area is 112 Å². The molecule has 6 heteroatoms. The van der Waals surface area contributed by atoms with E-state index in [9.17, 15) is 4.79 Å². The molecule has 1 aromatic rings. The summed E-state index contributed by atoms with van der Waals surface area (Å²) >= 11 is 1.50. The fraction of sp³-hybridized carbons (Fsp3) is 0.455. The van der Waals surface area contributed by atoms with E-state index in [2.05, 4.69) is 10.3 Å². The van der Waals surface area contributed by atoms with Gasteiger partial charge in [-0.05, 0) is 24.6 Å². The van der Waals surface area contributed by atoms with E-state index in [1.54, 1.807) is 12.4 Å². The summed E-state index contributed by atoms with van der Waals surface area (Å²) in [6, 6.07) is 3.78. The molecule has 1 unspecified atom stereocenters. The standard InChI is InChI=1S/C11H17N3OS.ClH/c1-9(6-12)7-14-11(15)8-16-10-2-4-13-5-3-10;/h2-5,9H,6-8,12H2,1H3,(H,14,15);1H. The van der Waals surface area contributed by atoms with Crippen molar-refractivity contribution in [3.63, 3.8) is 0 Å².